The number of nitrogens with zero attached hydrogens (tertiary/aromatic N) is 3. The number of anilines is 3. The van der Waals surface area contributed by atoms with Crippen molar-refractivity contribution in [1.29, 1.82) is 0 Å². The van der Waals surface area contributed by atoms with Crippen LogP contribution in [0.4, 0.5) is 17.3 Å². The van der Waals surface area contributed by atoms with Crippen LogP contribution in [0.25, 0.3) is 0 Å². The molecule has 0 saturated carbocycles. The highest BCUT2D eigenvalue weighted by atomic mass is 32.2. The van der Waals surface area contributed by atoms with E-state index in [9.17, 15) is 0 Å². The lowest BCUT2D eigenvalue weighted by atomic mass is 10.3. The molecule has 0 amide bonds. The number of nitrogens with two attached hydrogens (primary N) is 3. The lowest BCUT2D eigenvalue weighted by molar-refractivity contribution is 0.973. The first-order valence-electron chi connectivity index (χ1n) is 4.85. The molecule has 0 aliphatic heterocycles. The molecule has 0 unspecified atom stereocenters. The van der Waals surface area contributed by atoms with E-state index in [-0.39, 0.29) is 0 Å². The van der Waals surface area contributed by atoms with Crippen molar-refractivity contribution in [3.63, 3.8) is 0 Å². The quantitative estimate of drug-likeness (QED) is 0.680. The van der Waals surface area contributed by atoms with Crippen LogP contribution in [0, 0.1) is 6.92 Å². The van der Waals surface area contributed by atoms with Crippen LogP contribution in [0.5, 0.6) is 0 Å². The van der Waals surface area contributed by atoms with Crippen LogP contribution >= 0.6 is 11.8 Å². The molecule has 2 heterocycles. The third-order valence-corrected chi connectivity index (χ3v) is 2.84. The number of rotatable bonds is 2. The molecule has 0 bridgehead atoms. The zero-order valence-electron chi connectivity index (χ0n) is 9.21. The number of hydrogen-bond acceptors (Lipinski definition) is 7. The van der Waals surface area contributed by atoms with Crippen molar-refractivity contribution in [3.05, 3.63) is 23.9 Å². The summed E-state index contributed by atoms with van der Waals surface area (Å²) in [4.78, 5) is 12.4. The highest BCUT2D eigenvalue weighted by Gasteiger charge is 2.05. The topological polar surface area (TPSA) is 117 Å². The summed E-state index contributed by atoms with van der Waals surface area (Å²) in [6, 6.07) is 5.10. The minimum Gasteiger partial charge on any atom is -0.397 e. The standard InChI is InChI=1S/C10H12N6S/c1-5-6(11)2-3-9(14-5)17-10-15-7(12)4-8(13)16-10/h2-4H,11H2,1H3,(H4,12,13,15,16). The van der Waals surface area contributed by atoms with Gasteiger partial charge in [0.15, 0.2) is 5.16 Å². The lowest BCUT2D eigenvalue weighted by Gasteiger charge is -2.04. The molecule has 2 aromatic heterocycles. The van der Waals surface area contributed by atoms with Gasteiger partial charge in [0.25, 0.3) is 0 Å². The first-order valence-corrected chi connectivity index (χ1v) is 5.67. The molecule has 2 aromatic rings. The van der Waals surface area contributed by atoms with Gasteiger partial charge in [-0.3, -0.25) is 0 Å². The smallest absolute Gasteiger partial charge is 0.197 e. The Balaban J connectivity index is 2.28. The van der Waals surface area contributed by atoms with E-state index in [0.29, 0.717) is 22.5 Å². The van der Waals surface area contributed by atoms with Gasteiger partial charge in [-0.15, -0.1) is 0 Å². The maximum atomic E-state index is 5.69. The van der Waals surface area contributed by atoms with Crippen molar-refractivity contribution in [1.82, 2.24) is 15.0 Å². The predicted molar refractivity (Wildman–Crippen MR) is 68.4 cm³/mol. The van der Waals surface area contributed by atoms with E-state index in [1.54, 1.807) is 12.1 Å². The maximum absolute atomic E-state index is 5.69. The Morgan fingerprint density at radius 3 is 2.24 bits per heavy atom. The molecule has 0 saturated heterocycles. The van der Waals surface area contributed by atoms with Crippen LogP contribution in [0.15, 0.2) is 28.4 Å². The van der Waals surface area contributed by atoms with Gasteiger partial charge in [-0.2, -0.15) is 0 Å². The van der Waals surface area contributed by atoms with Gasteiger partial charge in [0.1, 0.15) is 16.7 Å². The van der Waals surface area contributed by atoms with Gasteiger partial charge < -0.3 is 17.2 Å². The van der Waals surface area contributed by atoms with Gasteiger partial charge >= 0.3 is 0 Å². The van der Waals surface area contributed by atoms with Crippen LogP contribution in [-0.4, -0.2) is 15.0 Å². The Morgan fingerprint density at radius 2 is 1.65 bits per heavy atom. The third kappa shape index (κ3) is 2.76. The average Bonchev–Trinajstić information content (AvgIpc) is 2.22. The molecule has 0 atom stereocenters. The zero-order valence-corrected chi connectivity index (χ0v) is 10.0. The average molecular weight is 248 g/mol. The van der Waals surface area contributed by atoms with E-state index in [0.717, 1.165) is 10.7 Å². The summed E-state index contributed by atoms with van der Waals surface area (Å²) in [5.74, 6) is 0.680. The highest BCUT2D eigenvalue weighted by molar-refractivity contribution is 7.99. The first kappa shape index (κ1) is 11.5. The van der Waals surface area contributed by atoms with Crippen LogP contribution < -0.4 is 17.2 Å². The van der Waals surface area contributed by atoms with Gasteiger partial charge in [0.05, 0.1) is 11.4 Å². The maximum Gasteiger partial charge on any atom is 0.197 e. The predicted octanol–water partition coefficient (Wildman–Crippen LogP) is 1.08. The van der Waals surface area contributed by atoms with Crippen LogP contribution in [0.3, 0.4) is 0 Å². The summed E-state index contributed by atoms with van der Waals surface area (Å²) in [6.45, 7) is 1.84. The van der Waals surface area contributed by atoms with Crippen molar-refractivity contribution in [2.24, 2.45) is 0 Å². The fraction of sp³-hybridized carbons (Fsp3) is 0.100. The molecule has 0 fully saturated rings. The number of aromatic nitrogens is 3. The SMILES string of the molecule is Cc1nc(Sc2nc(N)cc(N)n2)ccc1N. The summed E-state index contributed by atoms with van der Waals surface area (Å²) in [7, 11) is 0. The molecular formula is C10H12N6S. The Morgan fingerprint density at radius 1 is 1.00 bits per heavy atom. The van der Waals surface area contributed by atoms with Crippen molar-refractivity contribution in [3.8, 4) is 0 Å². The van der Waals surface area contributed by atoms with Crippen molar-refractivity contribution in [2.45, 2.75) is 17.1 Å². The molecule has 0 aliphatic carbocycles. The molecule has 2 rings (SSSR count). The fourth-order valence-corrected chi connectivity index (χ4v) is 2.01. The molecule has 0 aromatic carbocycles. The second-order valence-corrected chi connectivity index (χ2v) is 4.41. The zero-order chi connectivity index (χ0) is 12.4. The van der Waals surface area contributed by atoms with Crippen LogP contribution in [0.1, 0.15) is 5.69 Å². The Bertz CT molecular complexity index is 536. The van der Waals surface area contributed by atoms with Gasteiger partial charge in [0.2, 0.25) is 0 Å². The largest absolute Gasteiger partial charge is 0.397 e. The summed E-state index contributed by atoms with van der Waals surface area (Å²) in [6.07, 6.45) is 0. The molecule has 17 heavy (non-hydrogen) atoms. The monoisotopic (exact) mass is 248 g/mol. The number of nitrogen functional groups attached to an aromatic ring is 3. The first-order chi connectivity index (χ1) is 8.04. The second kappa shape index (κ2) is 4.46. The normalized spacial score (nSPS) is 10.4. The van der Waals surface area contributed by atoms with Gasteiger partial charge in [-0.25, -0.2) is 15.0 Å². The Labute approximate surface area is 103 Å². The minimum atomic E-state index is 0.340. The van der Waals surface area contributed by atoms with E-state index < -0.39 is 0 Å². The Hall–Kier alpha value is -2.02. The van der Waals surface area contributed by atoms with E-state index in [1.165, 1.54) is 17.8 Å². The second-order valence-electron chi connectivity index (χ2n) is 3.43. The third-order valence-electron chi connectivity index (χ3n) is 2.04. The van der Waals surface area contributed by atoms with Crippen molar-refractivity contribution >= 4 is 29.1 Å². The lowest BCUT2D eigenvalue weighted by Crippen LogP contribution is -1.99. The fourth-order valence-electron chi connectivity index (χ4n) is 1.21. The summed E-state index contributed by atoms with van der Waals surface area (Å²) >= 11 is 1.29. The molecular weight excluding hydrogens is 236 g/mol. The molecule has 6 nitrogen and oxygen atoms in total. The van der Waals surface area contributed by atoms with Crippen LogP contribution in [0.2, 0.25) is 0 Å². The number of aryl methyl sites for hydroxylation is 1. The van der Waals surface area contributed by atoms with E-state index in [1.807, 2.05) is 6.92 Å². The molecule has 0 aliphatic rings. The van der Waals surface area contributed by atoms with Crippen molar-refractivity contribution in [2.75, 3.05) is 17.2 Å². The summed E-state index contributed by atoms with van der Waals surface area (Å²) < 4.78 is 0. The van der Waals surface area contributed by atoms with E-state index in [4.69, 9.17) is 17.2 Å². The van der Waals surface area contributed by atoms with Gasteiger partial charge in [-0.1, -0.05) is 0 Å². The number of hydrogen-bond donors (Lipinski definition) is 3. The van der Waals surface area contributed by atoms with E-state index >= 15 is 0 Å². The molecule has 0 radical (unpaired) electrons. The summed E-state index contributed by atoms with van der Waals surface area (Å²) in [5, 5.41) is 1.22. The van der Waals surface area contributed by atoms with Crippen molar-refractivity contribution < 1.29 is 0 Å². The number of pyridine rings is 1. The molecule has 6 N–H and O–H groups in total. The molecule has 7 heteroatoms. The van der Waals surface area contributed by atoms with Crippen LogP contribution in [-0.2, 0) is 0 Å². The van der Waals surface area contributed by atoms with Gasteiger partial charge in [-0.05, 0) is 30.8 Å². The highest BCUT2D eigenvalue weighted by Crippen LogP contribution is 2.25. The van der Waals surface area contributed by atoms with E-state index in [2.05, 4.69) is 15.0 Å². The summed E-state index contributed by atoms with van der Waals surface area (Å²) in [5.41, 5.74) is 18.3. The molecule has 0 spiro atoms. The Kier molecular flexibility index (Phi) is 3.01. The van der Waals surface area contributed by atoms with Gasteiger partial charge in [0, 0.05) is 6.07 Å². The minimum absolute atomic E-state index is 0.340. The molecule has 88 valence electrons.